The maximum absolute atomic E-state index is 12.1. The topological polar surface area (TPSA) is 76.5 Å². The minimum atomic E-state index is -0.530. The lowest BCUT2D eigenvalue weighted by molar-refractivity contribution is 0.0726. The van der Waals surface area contributed by atoms with Gasteiger partial charge in [0.2, 0.25) is 5.88 Å². The van der Waals surface area contributed by atoms with Crippen LogP contribution < -0.4 is 4.74 Å². The highest BCUT2D eigenvalue weighted by Crippen LogP contribution is 2.17. The lowest BCUT2D eigenvalue weighted by Crippen LogP contribution is -2.12. The first-order valence-corrected chi connectivity index (χ1v) is 6.40. The number of hydrogen-bond acceptors (Lipinski definition) is 5. The van der Waals surface area contributed by atoms with Crippen molar-refractivity contribution < 1.29 is 19.4 Å². The number of hydrogen-bond donors (Lipinski definition) is 1. The van der Waals surface area contributed by atoms with Crippen LogP contribution in [-0.4, -0.2) is 22.3 Å². The van der Waals surface area contributed by atoms with Crippen LogP contribution >= 0.6 is 0 Å². The predicted molar refractivity (Wildman–Crippen MR) is 76.4 cm³/mol. The standard InChI is InChI=1S/C16H15NO4/c1-10-4-3-5-14(11(10)2)16(20)21-15-6-12(8-18)13(9-19)7-17-15/h3-8,19H,9H2,1-2H3. The molecule has 5 nitrogen and oxygen atoms in total. The van der Waals surface area contributed by atoms with Gasteiger partial charge in [0, 0.05) is 23.4 Å². The molecule has 0 fully saturated rings. The first kappa shape index (κ1) is 14.9. The molecular weight excluding hydrogens is 270 g/mol. The van der Waals surface area contributed by atoms with Crippen LogP contribution in [0.3, 0.4) is 0 Å². The molecule has 0 bridgehead atoms. The Bertz CT molecular complexity index is 695. The highest BCUT2D eigenvalue weighted by Gasteiger charge is 2.14. The normalized spacial score (nSPS) is 10.2. The second kappa shape index (κ2) is 6.28. The van der Waals surface area contributed by atoms with Crippen LogP contribution in [0.4, 0.5) is 0 Å². The first-order valence-electron chi connectivity index (χ1n) is 6.40. The maximum Gasteiger partial charge on any atom is 0.345 e. The number of aromatic nitrogens is 1. The number of aldehydes is 1. The Hall–Kier alpha value is -2.53. The zero-order chi connectivity index (χ0) is 15.4. The van der Waals surface area contributed by atoms with Crippen LogP contribution in [0.25, 0.3) is 0 Å². The summed E-state index contributed by atoms with van der Waals surface area (Å²) in [5.41, 5.74) is 2.91. The van der Waals surface area contributed by atoms with E-state index in [9.17, 15) is 9.59 Å². The minimum Gasteiger partial charge on any atom is -0.404 e. The van der Waals surface area contributed by atoms with E-state index in [1.54, 1.807) is 12.1 Å². The van der Waals surface area contributed by atoms with Gasteiger partial charge in [-0.1, -0.05) is 12.1 Å². The van der Waals surface area contributed by atoms with Gasteiger partial charge in [-0.25, -0.2) is 9.78 Å². The number of pyridine rings is 1. The van der Waals surface area contributed by atoms with E-state index in [0.717, 1.165) is 11.1 Å². The van der Waals surface area contributed by atoms with Gasteiger partial charge in [0.05, 0.1) is 12.2 Å². The van der Waals surface area contributed by atoms with Gasteiger partial charge in [-0.2, -0.15) is 0 Å². The van der Waals surface area contributed by atoms with Gasteiger partial charge >= 0.3 is 5.97 Å². The van der Waals surface area contributed by atoms with E-state index in [2.05, 4.69) is 4.98 Å². The summed E-state index contributed by atoms with van der Waals surface area (Å²) in [5, 5.41) is 9.06. The molecule has 0 unspecified atom stereocenters. The van der Waals surface area contributed by atoms with Gasteiger partial charge < -0.3 is 9.84 Å². The summed E-state index contributed by atoms with van der Waals surface area (Å²) < 4.78 is 5.19. The molecule has 1 aromatic carbocycles. The second-order valence-electron chi connectivity index (χ2n) is 4.63. The van der Waals surface area contributed by atoms with E-state index in [0.29, 0.717) is 17.4 Å². The third kappa shape index (κ3) is 3.14. The van der Waals surface area contributed by atoms with Crippen LogP contribution in [0.2, 0.25) is 0 Å². The van der Waals surface area contributed by atoms with Crippen molar-refractivity contribution in [1.82, 2.24) is 4.98 Å². The van der Waals surface area contributed by atoms with Crippen molar-refractivity contribution in [2.45, 2.75) is 20.5 Å². The third-order valence-corrected chi connectivity index (χ3v) is 3.32. The largest absolute Gasteiger partial charge is 0.404 e. The van der Waals surface area contributed by atoms with Crippen molar-refractivity contribution in [2.24, 2.45) is 0 Å². The number of esters is 1. The molecule has 0 radical (unpaired) electrons. The molecule has 5 heteroatoms. The number of aliphatic hydroxyl groups excluding tert-OH is 1. The Morgan fingerprint density at radius 2 is 2.14 bits per heavy atom. The monoisotopic (exact) mass is 285 g/mol. The summed E-state index contributed by atoms with van der Waals surface area (Å²) in [6, 6.07) is 6.69. The number of ether oxygens (including phenoxy) is 1. The zero-order valence-corrected chi connectivity index (χ0v) is 11.8. The van der Waals surface area contributed by atoms with Crippen molar-refractivity contribution in [1.29, 1.82) is 0 Å². The van der Waals surface area contributed by atoms with E-state index in [-0.39, 0.29) is 18.1 Å². The van der Waals surface area contributed by atoms with Crippen LogP contribution in [0.15, 0.2) is 30.5 Å². The van der Waals surface area contributed by atoms with Gasteiger partial charge in [0.25, 0.3) is 0 Å². The van der Waals surface area contributed by atoms with Gasteiger partial charge in [-0.05, 0) is 31.0 Å². The number of carbonyl (C=O) groups is 2. The van der Waals surface area contributed by atoms with Crippen LogP contribution in [0.5, 0.6) is 5.88 Å². The Morgan fingerprint density at radius 1 is 1.38 bits per heavy atom. The van der Waals surface area contributed by atoms with Crippen molar-refractivity contribution in [2.75, 3.05) is 0 Å². The molecule has 0 spiro atoms. The fourth-order valence-electron chi connectivity index (χ4n) is 1.90. The number of nitrogens with zero attached hydrogens (tertiary/aromatic N) is 1. The Morgan fingerprint density at radius 3 is 2.81 bits per heavy atom. The molecule has 0 aliphatic heterocycles. The van der Waals surface area contributed by atoms with E-state index >= 15 is 0 Å². The van der Waals surface area contributed by atoms with Crippen LogP contribution in [-0.2, 0) is 6.61 Å². The molecule has 108 valence electrons. The Kier molecular flexibility index (Phi) is 4.45. The molecule has 0 atom stereocenters. The summed E-state index contributed by atoms with van der Waals surface area (Å²) in [7, 11) is 0. The Balaban J connectivity index is 2.27. The second-order valence-corrected chi connectivity index (χ2v) is 4.63. The van der Waals surface area contributed by atoms with Crippen LogP contribution in [0.1, 0.15) is 37.4 Å². The summed E-state index contributed by atoms with van der Waals surface area (Å²) in [6.07, 6.45) is 1.90. The van der Waals surface area contributed by atoms with Gasteiger partial charge in [0.15, 0.2) is 6.29 Å². The summed E-state index contributed by atoms with van der Waals surface area (Å²) in [6.45, 7) is 3.45. The molecule has 1 N–H and O–H groups in total. The molecule has 2 aromatic rings. The highest BCUT2D eigenvalue weighted by atomic mass is 16.5. The zero-order valence-electron chi connectivity index (χ0n) is 11.8. The molecular formula is C16H15NO4. The molecule has 0 aliphatic rings. The number of aliphatic hydroxyl groups is 1. The van der Waals surface area contributed by atoms with Gasteiger partial charge in [-0.3, -0.25) is 4.79 Å². The summed E-state index contributed by atoms with van der Waals surface area (Å²) in [4.78, 5) is 27.0. The minimum absolute atomic E-state index is 0.0280. The van der Waals surface area contributed by atoms with E-state index in [1.165, 1.54) is 12.3 Å². The number of rotatable bonds is 4. The van der Waals surface area contributed by atoms with Gasteiger partial charge in [-0.15, -0.1) is 0 Å². The van der Waals surface area contributed by atoms with Crippen molar-refractivity contribution in [3.63, 3.8) is 0 Å². The SMILES string of the molecule is Cc1cccc(C(=O)Oc2cc(C=O)c(CO)cn2)c1C. The van der Waals surface area contributed by atoms with Crippen molar-refractivity contribution >= 4 is 12.3 Å². The van der Waals surface area contributed by atoms with Crippen molar-refractivity contribution in [3.05, 3.63) is 58.3 Å². The maximum atomic E-state index is 12.1. The van der Waals surface area contributed by atoms with E-state index in [1.807, 2.05) is 19.9 Å². The third-order valence-electron chi connectivity index (χ3n) is 3.32. The van der Waals surface area contributed by atoms with E-state index in [4.69, 9.17) is 9.84 Å². The van der Waals surface area contributed by atoms with E-state index < -0.39 is 5.97 Å². The predicted octanol–water partition coefficient (Wildman–Crippen LogP) is 2.22. The number of carbonyl (C=O) groups excluding carboxylic acids is 2. The van der Waals surface area contributed by atoms with Gasteiger partial charge in [0.1, 0.15) is 0 Å². The average molecular weight is 285 g/mol. The summed E-state index contributed by atoms with van der Waals surface area (Å²) in [5.74, 6) is -0.502. The quantitative estimate of drug-likeness (QED) is 0.688. The molecule has 0 saturated carbocycles. The molecule has 0 saturated heterocycles. The molecule has 21 heavy (non-hydrogen) atoms. The number of benzene rings is 1. The fraction of sp³-hybridized carbons (Fsp3) is 0.188. The Labute approximate surface area is 122 Å². The molecule has 0 aliphatic carbocycles. The molecule has 1 heterocycles. The molecule has 1 aromatic heterocycles. The summed E-state index contributed by atoms with van der Waals surface area (Å²) >= 11 is 0. The smallest absolute Gasteiger partial charge is 0.345 e. The lowest BCUT2D eigenvalue weighted by Gasteiger charge is -2.09. The van der Waals surface area contributed by atoms with Crippen molar-refractivity contribution in [3.8, 4) is 5.88 Å². The molecule has 2 rings (SSSR count). The molecule has 0 amide bonds. The lowest BCUT2D eigenvalue weighted by atomic mass is 10.0. The highest BCUT2D eigenvalue weighted by molar-refractivity contribution is 5.93. The average Bonchev–Trinajstić information content (AvgIpc) is 2.49. The number of aryl methyl sites for hydroxylation is 1. The van der Waals surface area contributed by atoms with Crippen LogP contribution in [0, 0.1) is 13.8 Å². The first-order chi connectivity index (χ1) is 10.1. The fourth-order valence-corrected chi connectivity index (χ4v) is 1.90.